The van der Waals surface area contributed by atoms with Gasteiger partial charge in [0.15, 0.2) is 22.9 Å². The number of fused-ring (bicyclic) bond motifs is 2. The molecule has 3 heterocycles. The molecule has 27 heavy (non-hydrogen) atoms. The zero-order valence-electron chi connectivity index (χ0n) is 14.2. The molecule has 0 bridgehead atoms. The van der Waals surface area contributed by atoms with Crippen LogP contribution in [-0.2, 0) is 13.0 Å². The van der Waals surface area contributed by atoms with Gasteiger partial charge >= 0.3 is 0 Å². The van der Waals surface area contributed by atoms with Crippen LogP contribution in [0.2, 0.25) is 0 Å². The Labute approximate surface area is 151 Å². The third kappa shape index (κ3) is 2.77. The first kappa shape index (κ1) is 16.0. The van der Waals surface area contributed by atoms with Gasteiger partial charge in [-0.05, 0) is 36.5 Å². The number of nitrogens with one attached hydrogen (secondary N) is 1. The van der Waals surface area contributed by atoms with E-state index in [1.54, 1.807) is 12.4 Å². The highest BCUT2D eigenvalue weighted by Crippen LogP contribution is 2.33. The highest BCUT2D eigenvalue weighted by molar-refractivity contribution is 5.82. The summed E-state index contributed by atoms with van der Waals surface area (Å²) in [5.74, 6) is -0.610. The van der Waals surface area contributed by atoms with E-state index in [0.29, 0.717) is 28.2 Å². The van der Waals surface area contributed by atoms with E-state index in [0.717, 1.165) is 18.3 Å². The maximum atomic E-state index is 14.2. The second-order valence-electron chi connectivity index (χ2n) is 6.91. The number of halogens is 2. The molecular formula is C19H15F2N5O. The SMILES string of the molecule is O=c1cc(Cn2c(CC3CC3)nc3nccnc32)c2ccc(F)c(F)c2[nH]1. The van der Waals surface area contributed by atoms with Gasteiger partial charge in [-0.3, -0.25) is 4.79 Å². The van der Waals surface area contributed by atoms with Gasteiger partial charge < -0.3 is 9.55 Å². The average molecular weight is 367 g/mol. The number of rotatable bonds is 4. The smallest absolute Gasteiger partial charge is 0.248 e. The summed E-state index contributed by atoms with van der Waals surface area (Å²) in [6, 6.07) is 3.95. The third-order valence-corrected chi connectivity index (χ3v) is 4.95. The van der Waals surface area contributed by atoms with Gasteiger partial charge in [-0.1, -0.05) is 0 Å². The first-order valence-electron chi connectivity index (χ1n) is 8.76. The Morgan fingerprint density at radius 2 is 2.00 bits per heavy atom. The van der Waals surface area contributed by atoms with E-state index in [4.69, 9.17) is 0 Å². The Morgan fingerprint density at radius 3 is 2.81 bits per heavy atom. The molecule has 1 N–H and O–H groups in total. The second kappa shape index (κ2) is 5.94. The van der Waals surface area contributed by atoms with Crippen LogP contribution in [0.25, 0.3) is 22.2 Å². The number of H-pyrrole nitrogens is 1. The number of benzene rings is 1. The number of hydrogen-bond donors (Lipinski definition) is 1. The Balaban J connectivity index is 1.69. The van der Waals surface area contributed by atoms with Crippen molar-refractivity contribution >= 4 is 22.2 Å². The summed E-state index contributed by atoms with van der Waals surface area (Å²) < 4.78 is 29.7. The second-order valence-corrected chi connectivity index (χ2v) is 6.91. The molecular weight excluding hydrogens is 352 g/mol. The summed E-state index contributed by atoms with van der Waals surface area (Å²) in [6.45, 7) is 0.280. The number of nitrogens with zero attached hydrogens (tertiary/aromatic N) is 4. The molecule has 0 spiro atoms. The molecule has 5 rings (SSSR count). The van der Waals surface area contributed by atoms with Gasteiger partial charge in [0.25, 0.3) is 0 Å². The molecule has 4 aromatic rings. The van der Waals surface area contributed by atoms with E-state index >= 15 is 0 Å². The van der Waals surface area contributed by atoms with Crippen LogP contribution < -0.4 is 5.56 Å². The maximum absolute atomic E-state index is 14.2. The van der Waals surface area contributed by atoms with Crippen LogP contribution in [0, 0.1) is 17.6 Å². The average Bonchev–Trinajstić information content (AvgIpc) is 3.41. The summed E-state index contributed by atoms with van der Waals surface area (Å²) in [7, 11) is 0. The topological polar surface area (TPSA) is 76.5 Å². The molecule has 1 aliphatic carbocycles. The summed E-state index contributed by atoms with van der Waals surface area (Å²) in [4.78, 5) is 27.7. The van der Waals surface area contributed by atoms with Crippen molar-refractivity contribution in [2.45, 2.75) is 25.8 Å². The summed E-state index contributed by atoms with van der Waals surface area (Å²) in [5.41, 5.74) is 1.12. The molecule has 3 aromatic heterocycles. The fourth-order valence-electron chi connectivity index (χ4n) is 3.44. The lowest BCUT2D eigenvalue weighted by molar-refractivity contribution is 0.515. The zero-order valence-corrected chi connectivity index (χ0v) is 14.2. The Hall–Kier alpha value is -3.16. The molecule has 0 aliphatic heterocycles. The van der Waals surface area contributed by atoms with E-state index in [-0.39, 0.29) is 12.1 Å². The van der Waals surface area contributed by atoms with Crippen molar-refractivity contribution in [2.75, 3.05) is 0 Å². The predicted octanol–water partition coefficient (Wildman–Crippen LogP) is 2.95. The van der Waals surface area contributed by atoms with E-state index in [1.165, 1.54) is 25.0 Å². The minimum Gasteiger partial charge on any atom is -0.319 e. The largest absolute Gasteiger partial charge is 0.319 e. The van der Waals surface area contributed by atoms with Gasteiger partial charge in [0, 0.05) is 30.3 Å². The summed E-state index contributed by atoms with van der Waals surface area (Å²) in [5, 5.41) is 0.455. The van der Waals surface area contributed by atoms with Gasteiger partial charge in [0.05, 0.1) is 12.1 Å². The van der Waals surface area contributed by atoms with Crippen LogP contribution in [0.1, 0.15) is 24.2 Å². The first-order valence-corrected chi connectivity index (χ1v) is 8.76. The van der Waals surface area contributed by atoms with Crippen molar-refractivity contribution < 1.29 is 8.78 Å². The van der Waals surface area contributed by atoms with Gasteiger partial charge in [0.2, 0.25) is 5.56 Å². The van der Waals surface area contributed by atoms with Crippen molar-refractivity contribution in [3.8, 4) is 0 Å². The molecule has 0 saturated heterocycles. The molecule has 0 atom stereocenters. The monoisotopic (exact) mass is 367 g/mol. The molecule has 1 aromatic carbocycles. The minimum absolute atomic E-state index is 0.128. The van der Waals surface area contributed by atoms with Crippen LogP contribution in [-0.4, -0.2) is 24.5 Å². The van der Waals surface area contributed by atoms with Crippen LogP contribution in [0.15, 0.2) is 35.4 Å². The Morgan fingerprint density at radius 1 is 1.19 bits per heavy atom. The third-order valence-electron chi connectivity index (χ3n) is 4.95. The number of aromatic nitrogens is 5. The Kier molecular flexibility index (Phi) is 3.53. The molecule has 0 radical (unpaired) electrons. The molecule has 0 amide bonds. The minimum atomic E-state index is -1.06. The summed E-state index contributed by atoms with van der Waals surface area (Å²) >= 11 is 0. The fourth-order valence-corrected chi connectivity index (χ4v) is 3.44. The number of imidazole rings is 1. The van der Waals surface area contributed by atoms with Gasteiger partial charge in [-0.25, -0.2) is 23.7 Å². The van der Waals surface area contributed by atoms with Gasteiger partial charge in [-0.15, -0.1) is 0 Å². The number of hydrogen-bond acceptors (Lipinski definition) is 4. The molecule has 0 unspecified atom stereocenters. The highest BCUT2D eigenvalue weighted by atomic mass is 19.2. The number of aromatic amines is 1. The van der Waals surface area contributed by atoms with E-state index < -0.39 is 17.2 Å². The van der Waals surface area contributed by atoms with Crippen LogP contribution >= 0.6 is 0 Å². The first-order chi connectivity index (χ1) is 13.1. The van der Waals surface area contributed by atoms with Crippen molar-refractivity contribution in [2.24, 2.45) is 5.92 Å². The predicted molar refractivity (Wildman–Crippen MR) is 95.3 cm³/mol. The van der Waals surface area contributed by atoms with Crippen LogP contribution in [0.5, 0.6) is 0 Å². The van der Waals surface area contributed by atoms with Crippen LogP contribution in [0.3, 0.4) is 0 Å². The lowest BCUT2D eigenvalue weighted by Crippen LogP contribution is -2.13. The Bertz CT molecular complexity index is 1240. The fraction of sp³-hybridized carbons (Fsp3) is 0.263. The van der Waals surface area contributed by atoms with Gasteiger partial charge in [-0.2, -0.15) is 0 Å². The molecule has 8 heteroatoms. The molecule has 1 saturated carbocycles. The van der Waals surface area contributed by atoms with E-state index in [9.17, 15) is 13.6 Å². The van der Waals surface area contributed by atoms with Crippen molar-refractivity contribution in [1.82, 2.24) is 24.5 Å². The van der Waals surface area contributed by atoms with Crippen molar-refractivity contribution in [3.63, 3.8) is 0 Å². The quantitative estimate of drug-likeness (QED) is 0.602. The molecule has 1 aliphatic rings. The van der Waals surface area contributed by atoms with Crippen LogP contribution in [0.4, 0.5) is 8.78 Å². The normalized spacial score (nSPS) is 14.3. The molecule has 1 fully saturated rings. The standard InChI is InChI=1S/C19H15F2N5O/c20-13-4-3-12-11(8-15(27)25-17(12)16(13)21)9-26-14(7-10-1-2-10)24-18-19(26)23-6-5-22-18/h3-6,8,10H,1-2,7,9H2,(H,25,27). The van der Waals surface area contributed by atoms with Crippen molar-refractivity contribution in [3.05, 3.63) is 64.0 Å². The maximum Gasteiger partial charge on any atom is 0.248 e. The number of pyridine rings is 1. The highest BCUT2D eigenvalue weighted by Gasteiger charge is 2.25. The van der Waals surface area contributed by atoms with Crippen molar-refractivity contribution in [1.29, 1.82) is 0 Å². The molecule has 6 nitrogen and oxygen atoms in total. The summed E-state index contributed by atoms with van der Waals surface area (Å²) in [6.07, 6.45) is 6.32. The van der Waals surface area contributed by atoms with Gasteiger partial charge in [0.1, 0.15) is 5.82 Å². The molecule has 136 valence electrons. The lowest BCUT2D eigenvalue weighted by Gasteiger charge is -2.11. The lowest BCUT2D eigenvalue weighted by atomic mass is 10.1. The zero-order chi connectivity index (χ0) is 18.5. The van der Waals surface area contributed by atoms with E-state index in [2.05, 4.69) is 19.9 Å². The van der Waals surface area contributed by atoms with E-state index in [1.807, 2.05) is 4.57 Å².